The lowest BCUT2D eigenvalue weighted by Gasteiger charge is -2.21. The minimum absolute atomic E-state index is 0.0406. The van der Waals surface area contributed by atoms with E-state index in [1.807, 2.05) is 67.6 Å². The van der Waals surface area contributed by atoms with Crippen LogP contribution in [-0.2, 0) is 44.0 Å². The van der Waals surface area contributed by atoms with E-state index in [-0.39, 0.29) is 41.6 Å². The van der Waals surface area contributed by atoms with Crippen LogP contribution < -0.4 is 0 Å². The van der Waals surface area contributed by atoms with Gasteiger partial charge in [0.1, 0.15) is 11.5 Å². The van der Waals surface area contributed by atoms with E-state index >= 15 is 0 Å². The van der Waals surface area contributed by atoms with Crippen LogP contribution in [0.5, 0.6) is 0 Å². The van der Waals surface area contributed by atoms with E-state index in [9.17, 15) is 18.0 Å². The molecular weight excluding hydrogens is 564 g/mol. The fraction of sp³-hybridized carbons (Fsp3) is 0.176. The summed E-state index contributed by atoms with van der Waals surface area (Å²) in [4.78, 5) is 28.0. The van der Waals surface area contributed by atoms with Crippen LogP contribution in [0.3, 0.4) is 0 Å². The van der Waals surface area contributed by atoms with E-state index < -0.39 is 16.0 Å². The third-order valence-corrected chi connectivity index (χ3v) is 9.05. The van der Waals surface area contributed by atoms with Crippen molar-refractivity contribution < 1.29 is 27.2 Å². The Hall–Kier alpha value is -4.73. The predicted molar refractivity (Wildman–Crippen MR) is 162 cm³/mol. The van der Waals surface area contributed by atoms with Crippen LogP contribution in [0.1, 0.15) is 35.1 Å². The van der Waals surface area contributed by atoms with Crippen LogP contribution in [0.2, 0.25) is 0 Å². The number of benzene rings is 3. The molecule has 3 aromatic carbocycles. The van der Waals surface area contributed by atoms with Gasteiger partial charge in [0.05, 0.1) is 36.2 Å². The van der Waals surface area contributed by atoms with Gasteiger partial charge in [0.25, 0.3) is 5.91 Å². The van der Waals surface area contributed by atoms with Crippen molar-refractivity contribution in [2.75, 3.05) is 7.11 Å². The number of carbonyl (C=O) groups is 2. The summed E-state index contributed by atoms with van der Waals surface area (Å²) in [5.41, 5.74) is 3.48. The lowest BCUT2D eigenvalue weighted by molar-refractivity contribution is -0.136. The molecule has 0 atom stereocenters. The van der Waals surface area contributed by atoms with Gasteiger partial charge < -0.3 is 14.1 Å². The number of amides is 1. The first-order valence-corrected chi connectivity index (χ1v) is 15.2. The van der Waals surface area contributed by atoms with Gasteiger partial charge in [0, 0.05) is 12.2 Å². The largest absolute Gasteiger partial charge is 0.465 e. The van der Waals surface area contributed by atoms with Crippen LogP contribution in [0.25, 0.3) is 6.08 Å². The maximum absolute atomic E-state index is 13.7. The zero-order chi connectivity index (χ0) is 30.6. The molecule has 4 aromatic rings. The molecule has 0 radical (unpaired) electrons. The number of hydrogen-bond acceptors (Lipinski definition) is 6. The molecule has 0 spiro atoms. The molecule has 1 aromatic heterocycles. The van der Waals surface area contributed by atoms with E-state index in [0.717, 1.165) is 16.7 Å². The quantitative estimate of drug-likeness (QED) is 0.168. The third-order valence-electron chi connectivity index (χ3n) is 7.25. The number of ether oxygens (including phenoxy) is 1. The highest BCUT2D eigenvalue weighted by molar-refractivity contribution is 7.89. The summed E-state index contributed by atoms with van der Waals surface area (Å²) in [6.07, 6.45) is 1.50. The first kappa shape index (κ1) is 29.8. The van der Waals surface area contributed by atoms with Gasteiger partial charge in [-0.2, -0.15) is 4.31 Å². The molecule has 0 fully saturated rings. The molecule has 0 saturated heterocycles. The third kappa shape index (κ3) is 6.53. The molecular formula is C34H32N2O6S. The van der Waals surface area contributed by atoms with Crippen LogP contribution in [-0.4, -0.2) is 36.6 Å². The summed E-state index contributed by atoms with van der Waals surface area (Å²) >= 11 is 0. The molecule has 9 heteroatoms. The molecule has 220 valence electrons. The van der Waals surface area contributed by atoms with Crippen molar-refractivity contribution in [2.45, 2.75) is 38.4 Å². The first-order valence-electron chi connectivity index (χ1n) is 13.7. The molecule has 0 N–H and O–H groups in total. The molecule has 2 heterocycles. The summed E-state index contributed by atoms with van der Waals surface area (Å²) in [5, 5.41) is 0. The Kier molecular flexibility index (Phi) is 8.75. The van der Waals surface area contributed by atoms with Crippen molar-refractivity contribution in [1.82, 2.24) is 9.21 Å². The lowest BCUT2D eigenvalue weighted by atomic mass is 10.1. The van der Waals surface area contributed by atoms with Gasteiger partial charge in [0.15, 0.2) is 0 Å². The van der Waals surface area contributed by atoms with E-state index in [1.54, 1.807) is 43.3 Å². The summed E-state index contributed by atoms with van der Waals surface area (Å²) in [5.74, 6) is -0.295. The van der Waals surface area contributed by atoms with Crippen molar-refractivity contribution in [3.05, 3.63) is 142 Å². The number of sulfonamides is 1. The Balaban J connectivity index is 1.45. The van der Waals surface area contributed by atoms with Gasteiger partial charge >= 0.3 is 5.97 Å². The number of methoxy groups -OCH3 is 1. The molecule has 0 unspecified atom stereocenters. The number of allylic oxidation sites excluding steroid dienone is 1. The highest BCUT2D eigenvalue weighted by Crippen LogP contribution is 2.33. The van der Waals surface area contributed by atoms with Crippen molar-refractivity contribution >= 4 is 28.0 Å². The molecule has 0 bridgehead atoms. The molecule has 0 saturated carbocycles. The summed E-state index contributed by atoms with van der Waals surface area (Å²) in [7, 11) is -2.61. The fourth-order valence-electron chi connectivity index (χ4n) is 4.93. The normalized spacial score (nSPS) is 14.7. The maximum Gasteiger partial charge on any atom is 0.340 e. The highest BCUT2D eigenvalue weighted by atomic mass is 32.2. The zero-order valence-electron chi connectivity index (χ0n) is 24.2. The SMILES string of the molecule is COC(=O)C1=C(C)N(Cc2ccccc2)C(=O)/C1=C/c1ccc(CN(Cc2ccccc2)S(=O)(=O)c2ccc(C)cc2)o1. The number of aryl methyl sites for hydroxylation is 1. The Bertz CT molecular complexity index is 1790. The number of nitrogens with zero attached hydrogens (tertiary/aromatic N) is 2. The molecule has 1 aliphatic rings. The monoisotopic (exact) mass is 596 g/mol. The van der Waals surface area contributed by atoms with Crippen LogP contribution in [0.15, 0.2) is 123 Å². The molecule has 1 amide bonds. The minimum Gasteiger partial charge on any atom is -0.465 e. The van der Waals surface area contributed by atoms with Crippen molar-refractivity contribution in [2.24, 2.45) is 0 Å². The van der Waals surface area contributed by atoms with Gasteiger partial charge in [-0.3, -0.25) is 4.79 Å². The molecule has 43 heavy (non-hydrogen) atoms. The van der Waals surface area contributed by atoms with Crippen molar-refractivity contribution in [1.29, 1.82) is 0 Å². The minimum atomic E-state index is -3.88. The second-order valence-electron chi connectivity index (χ2n) is 10.3. The topological polar surface area (TPSA) is 97.1 Å². The second kappa shape index (κ2) is 12.6. The molecule has 1 aliphatic heterocycles. The average Bonchev–Trinajstić information content (AvgIpc) is 3.55. The highest BCUT2D eigenvalue weighted by Gasteiger charge is 2.37. The second-order valence-corrected chi connectivity index (χ2v) is 12.2. The van der Waals surface area contributed by atoms with Gasteiger partial charge in [-0.15, -0.1) is 0 Å². The molecule has 5 rings (SSSR count). The number of rotatable bonds is 10. The van der Waals surface area contributed by atoms with E-state index in [1.165, 1.54) is 22.4 Å². The van der Waals surface area contributed by atoms with E-state index in [2.05, 4.69) is 0 Å². The number of esters is 1. The predicted octanol–water partition coefficient (Wildman–Crippen LogP) is 5.85. The zero-order valence-corrected chi connectivity index (χ0v) is 25.0. The molecule has 0 aliphatic carbocycles. The van der Waals surface area contributed by atoms with Crippen LogP contribution >= 0.6 is 0 Å². The van der Waals surface area contributed by atoms with Gasteiger partial charge in [-0.25, -0.2) is 13.2 Å². The Labute approximate surface area is 251 Å². The van der Waals surface area contributed by atoms with Crippen molar-refractivity contribution in [3.8, 4) is 0 Å². The van der Waals surface area contributed by atoms with Gasteiger partial charge in [-0.05, 0) is 55.3 Å². The lowest BCUT2D eigenvalue weighted by Crippen LogP contribution is -2.30. The Morgan fingerprint density at radius 2 is 1.49 bits per heavy atom. The first-order chi connectivity index (χ1) is 20.7. The smallest absolute Gasteiger partial charge is 0.340 e. The summed E-state index contributed by atoms with van der Waals surface area (Å²) in [6.45, 7) is 3.99. The van der Waals surface area contributed by atoms with Crippen LogP contribution in [0, 0.1) is 6.92 Å². The van der Waals surface area contributed by atoms with Gasteiger partial charge in [0.2, 0.25) is 10.0 Å². The average molecular weight is 597 g/mol. The van der Waals surface area contributed by atoms with E-state index in [0.29, 0.717) is 17.2 Å². The van der Waals surface area contributed by atoms with E-state index in [4.69, 9.17) is 9.15 Å². The summed E-state index contributed by atoms with van der Waals surface area (Å²) < 4.78 is 39.8. The van der Waals surface area contributed by atoms with Gasteiger partial charge in [-0.1, -0.05) is 78.4 Å². The Morgan fingerprint density at radius 1 is 0.860 bits per heavy atom. The number of furan rings is 1. The summed E-state index contributed by atoms with van der Waals surface area (Å²) in [6, 6.07) is 28.8. The maximum atomic E-state index is 13.7. The Morgan fingerprint density at radius 3 is 2.12 bits per heavy atom. The molecule has 8 nitrogen and oxygen atoms in total. The van der Waals surface area contributed by atoms with Crippen LogP contribution in [0.4, 0.5) is 0 Å². The standard InChI is InChI=1S/C34H32N2O6S/c1-24-14-18-30(19-15-24)43(39,40)35(21-26-10-6-4-7-11-26)23-29-17-16-28(42-29)20-31-32(34(38)41-3)25(2)36(33(31)37)22-27-12-8-5-9-13-27/h4-20H,21-23H2,1-3H3/b31-20+. The van der Waals surface area contributed by atoms with Crippen molar-refractivity contribution in [3.63, 3.8) is 0 Å². The fourth-order valence-corrected chi connectivity index (χ4v) is 6.32. The number of carbonyl (C=O) groups excluding carboxylic acids is 2. The number of hydrogen-bond donors (Lipinski definition) is 0.